The lowest BCUT2D eigenvalue weighted by Crippen LogP contribution is -2.15. The van der Waals surface area contributed by atoms with E-state index in [0.717, 1.165) is 36.1 Å². The van der Waals surface area contributed by atoms with E-state index in [1.807, 2.05) is 25.1 Å². The highest BCUT2D eigenvalue weighted by molar-refractivity contribution is 6.04. The average molecular weight is 270 g/mol. The molecular formula is C16H18N2O2. The Morgan fingerprint density at radius 2 is 2.30 bits per heavy atom. The zero-order chi connectivity index (χ0) is 14.1. The fourth-order valence-corrected chi connectivity index (χ4v) is 2.64. The number of anilines is 1. The van der Waals surface area contributed by atoms with Gasteiger partial charge in [0.25, 0.3) is 5.91 Å². The molecule has 1 N–H and O–H groups in total. The highest BCUT2D eigenvalue weighted by Crippen LogP contribution is 2.30. The summed E-state index contributed by atoms with van der Waals surface area (Å²) in [7, 11) is 0. The van der Waals surface area contributed by atoms with Gasteiger partial charge in [0.15, 0.2) is 0 Å². The van der Waals surface area contributed by atoms with Crippen LogP contribution in [0.25, 0.3) is 0 Å². The Kier molecular flexibility index (Phi) is 3.30. The van der Waals surface area contributed by atoms with Gasteiger partial charge in [-0.05, 0) is 44.2 Å². The molecule has 1 amide bonds. The number of amides is 1. The molecule has 0 radical (unpaired) electrons. The number of hydrogen-bond donors (Lipinski definition) is 1. The highest BCUT2D eigenvalue weighted by Gasteiger charge is 2.24. The van der Waals surface area contributed by atoms with E-state index in [2.05, 4.69) is 17.4 Å². The van der Waals surface area contributed by atoms with Gasteiger partial charge in [-0.25, -0.2) is 0 Å². The first-order valence-electron chi connectivity index (χ1n) is 6.99. The van der Waals surface area contributed by atoms with Gasteiger partial charge in [0.05, 0.1) is 5.69 Å². The summed E-state index contributed by atoms with van der Waals surface area (Å²) in [6, 6.07) is 7.51. The highest BCUT2D eigenvalue weighted by atomic mass is 16.5. The molecule has 0 bridgehead atoms. The van der Waals surface area contributed by atoms with Crippen molar-refractivity contribution < 1.29 is 9.32 Å². The van der Waals surface area contributed by atoms with E-state index in [1.165, 1.54) is 0 Å². The van der Waals surface area contributed by atoms with Gasteiger partial charge in [0.2, 0.25) is 5.88 Å². The molecule has 1 heterocycles. The number of fused-ring (bicyclic) bond motifs is 1. The van der Waals surface area contributed by atoms with Gasteiger partial charge in [0.1, 0.15) is 0 Å². The van der Waals surface area contributed by atoms with E-state index < -0.39 is 0 Å². The summed E-state index contributed by atoms with van der Waals surface area (Å²) >= 11 is 0. The van der Waals surface area contributed by atoms with Gasteiger partial charge >= 0.3 is 0 Å². The molecule has 4 heteroatoms. The van der Waals surface area contributed by atoms with Crippen LogP contribution in [0, 0.1) is 12.8 Å². The number of hydrogen-bond acceptors (Lipinski definition) is 3. The zero-order valence-corrected chi connectivity index (χ0v) is 11.8. The number of nitrogens with zero attached hydrogens (tertiary/aromatic N) is 1. The van der Waals surface area contributed by atoms with Crippen LogP contribution < -0.4 is 5.32 Å². The molecule has 3 rings (SSSR count). The second kappa shape index (κ2) is 5.12. The molecular weight excluding hydrogens is 252 g/mol. The third-order valence-electron chi connectivity index (χ3n) is 3.80. The second-order valence-electron chi connectivity index (χ2n) is 5.61. The van der Waals surface area contributed by atoms with Crippen LogP contribution in [0.3, 0.4) is 0 Å². The molecule has 2 aromatic rings. The van der Waals surface area contributed by atoms with E-state index in [4.69, 9.17) is 4.52 Å². The Bertz CT molecular complexity index is 646. The lowest BCUT2D eigenvalue weighted by molar-refractivity contribution is 0.102. The molecule has 1 aliphatic rings. The molecule has 104 valence electrons. The third kappa shape index (κ3) is 2.46. The fourth-order valence-electron chi connectivity index (χ4n) is 2.64. The van der Waals surface area contributed by atoms with Crippen LogP contribution in [0.15, 0.2) is 28.8 Å². The molecule has 0 aliphatic heterocycles. The van der Waals surface area contributed by atoms with Crippen LogP contribution >= 0.6 is 0 Å². The van der Waals surface area contributed by atoms with E-state index in [-0.39, 0.29) is 5.91 Å². The number of benzene rings is 1. The SMILES string of the molecule is Cc1cccc(C(=O)Nc2onc3c2C[C@@H](C)CC3)c1. The van der Waals surface area contributed by atoms with Crippen molar-refractivity contribution in [2.75, 3.05) is 5.32 Å². The number of aromatic nitrogens is 1. The predicted octanol–water partition coefficient (Wildman–Crippen LogP) is 3.36. The summed E-state index contributed by atoms with van der Waals surface area (Å²) in [6.07, 6.45) is 2.98. The van der Waals surface area contributed by atoms with Crippen LogP contribution in [0.1, 0.15) is 40.5 Å². The predicted molar refractivity (Wildman–Crippen MR) is 76.8 cm³/mol. The Morgan fingerprint density at radius 1 is 1.45 bits per heavy atom. The minimum absolute atomic E-state index is 0.147. The molecule has 1 atom stereocenters. The van der Waals surface area contributed by atoms with Gasteiger partial charge < -0.3 is 4.52 Å². The fraction of sp³-hybridized carbons (Fsp3) is 0.375. The summed E-state index contributed by atoms with van der Waals surface area (Å²) in [6.45, 7) is 4.18. The van der Waals surface area contributed by atoms with Crippen LogP contribution in [-0.2, 0) is 12.8 Å². The van der Waals surface area contributed by atoms with Gasteiger partial charge in [-0.2, -0.15) is 0 Å². The first-order valence-corrected chi connectivity index (χ1v) is 6.99. The van der Waals surface area contributed by atoms with Crippen LogP contribution in [0.5, 0.6) is 0 Å². The molecule has 1 aromatic carbocycles. The van der Waals surface area contributed by atoms with Crippen LogP contribution in [0.4, 0.5) is 5.88 Å². The molecule has 0 unspecified atom stereocenters. The van der Waals surface area contributed by atoms with Crippen LogP contribution in [0.2, 0.25) is 0 Å². The number of aryl methyl sites for hydroxylation is 2. The summed E-state index contributed by atoms with van der Waals surface area (Å²) in [4.78, 5) is 12.2. The minimum Gasteiger partial charge on any atom is -0.338 e. The van der Waals surface area contributed by atoms with Gasteiger partial charge in [0, 0.05) is 11.1 Å². The molecule has 20 heavy (non-hydrogen) atoms. The Morgan fingerprint density at radius 3 is 3.10 bits per heavy atom. The number of rotatable bonds is 2. The maximum absolute atomic E-state index is 12.2. The monoisotopic (exact) mass is 270 g/mol. The normalized spacial score (nSPS) is 17.6. The van der Waals surface area contributed by atoms with E-state index >= 15 is 0 Å². The molecule has 0 saturated heterocycles. The average Bonchev–Trinajstić information content (AvgIpc) is 2.81. The second-order valence-corrected chi connectivity index (χ2v) is 5.61. The first-order chi connectivity index (χ1) is 9.63. The maximum Gasteiger partial charge on any atom is 0.258 e. The van der Waals surface area contributed by atoms with Crippen molar-refractivity contribution in [1.82, 2.24) is 5.16 Å². The van der Waals surface area contributed by atoms with Crippen molar-refractivity contribution in [3.05, 3.63) is 46.6 Å². The van der Waals surface area contributed by atoms with E-state index in [1.54, 1.807) is 6.07 Å². The summed E-state index contributed by atoms with van der Waals surface area (Å²) in [5.41, 5.74) is 3.75. The largest absolute Gasteiger partial charge is 0.338 e. The number of carbonyl (C=O) groups is 1. The topological polar surface area (TPSA) is 55.1 Å². The van der Waals surface area contributed by atoms with Gasteiger partial charge in [-0.3, -0.25) is 10.1 Å². The summed E-state index contributed by atoms with van der Waals surface area (Å²) in [5, 5.41) is 6.91. The molecule has 0 fully saturated rings. The Balaban J connectivity index is 1.82. The minimum atomic E-state index is -0.147. The Labute approximate surface area is 118 Å². The molecule has 1 aliphatic carbocycles. The smallest absolute Gasteiger partial charge is 0.258 e. The van der Waals surface area contributed by atoms with E-state index in [0.29, 0.717) is 17.4 Å². The maximum atomic E-state index is 12.2. The quantitative estimate of drug-likeness (QED) is 0.910. The lowest BCUT2D eigenvalue weighted by atomic mass is 9.89. The molecule has 1 aromatic heterocycles. The number of nitrogens with one attached hydrogen (secondary N) is 1. The van der Waals surface area contributed by atoms with Crippen molar-refractivity contribution in [2.45, 2.75) is 33.1 Å². The van der Waals surface area contributed by atoms with Crippen molar-refractivity contribution in [1.29, 1.82) is 0 Å². The van der Waals surface area contributed by atoms with E-state index in [9.17, 15) is 4.79 Å². The third-order valence-corrected chi connectivity index (χ3v) is 3.80. The molecule has 0 saturated carbocycles. The number of carbonyl (C=O) groups excluding carboxylic acids is 1. The van der Waals surface area contributed by atoms with Crippen molar-refractivity contribution in [3.8, 4) is 0 Å². The van der Waals surface area contributed by atoms with Crippen LogP contribution in [-0.4, -0.2) is 11.1 Å². The van der Waals surface area contributed by atoms with Crippen molar-refractivity contribution in [2.24, 2.45) is 5.92 Å². The van der Waals surface area contributed by atoms with Gasteiger partial charge in [-0.1, -0.05) is 29.8 Å². The first kappa shape index (κ1) is 12.9. The zero-order valence-electron chi connectivity index (χ0n) is 11.8. The van der Waals surface area contributed by atoms with Crippen molar-refractivity contribution >= 4 is 11.8 Å². The lowest BCUT2D eigenvalue weighted by Gasteiger charge is -2.16. The molecule has 0 spiro atoms. The molecule has 4 nitrogen and oxygen atoms in total. The van der Waals surface area contributed by atoms with Crippen molar-refractivity contribution in [3.63, 3.8) is 0 Å². The Hall–Kier alpha value is -2.10. The van der Waals surface area contributed by atoms with Gasteiger partial charge in [-0.15, -0.1) is 0 Å². The summed E-state index contributed by atoms with van der Waals surface area (Å²) in [5.74, 6) is 0.973. The standard InChI is InChI=1S/C16H18N2O2/c1-10-4-3-5-12(8-10)15(19)17-16-13-9-11(2)6-7-14(13)18-20-16/h3-5,8,11H,6-7,9H2,1-2H3,(H,17,19)/t11-/m0/s1. The summed E-state index contributed by atoms with van der Waals surface area (Å²) < 4.78 is 5.31.